The van der Waals surface area contributed by atoms with Gasteiger partial charge in [0.05, 0.1) is 17.9 Å². The van der Waals surface area contributed by atoms with E-state index in [1.165, 1.54) is 24.4 Å². The Morgan fingerprint density at radius 3 is 3.00 bits per heavy atom. The van der Waals surface area contributed by atoms with Crippen molar-refractivity contribution in [3.8, 4) is 11.8 Å². The molecule has 1 aromatic carbocycles. The standard InChI is InChI=1S/C17H13ClFN5O2/c18-12-4-3-9(19)6-11(12)14-15-16(20)23-17(24(15)8-13(25)22-14)26-10-2-1-5-21-7-10/h1-7,14H,8,20H2,(H,22,25). The summed E-state index contributed by atoms with van der Waals surface area (Å²) in [5.74, 6) is -0.155. The number of pyridine rings is 1. The van der Waals surface area contributed by atoms with E-state index in [4.69, 9.17) is 22.1 Å². The number of nitrogens with zero attached hydrogens (tertiary/aromatic N) is 3. The van der Waals surface area contributed by atoms with Crippen molar-refractivity contribution < 1.29 is 13.9 Å². The Morgan fingerprint density at radius 2 is 2.23 bits per heavy atom. The second kappa shape index (κ2) is 6.30. The van der Waals surface area contributed by atoms with Gasteiger partial charge in [0, 0.05) is 16.8 Å². The molecule has 0 aliphatic carbocycles. The summed E-state index contributed by atoms with van der Waals surface area (Å²) >= 11 is 6.20. The maximum absolute atomic E-state index is 13.7. The summed E-state index contributed by atoms with van der Waals surface area (Å²) in [6.07, 6.45) is 3.12. The molecule has 0 spiro atoms. The molecule has 4 rings (SSSR count). The largest absolute Gasteiger partial charge is 0.424 e. The maximum Gasteiger partial charge on any atom is 0.304 e. The van der Waals surface area contributed by atoms with Crippen LogP contribution < -0.4 is 15.8 Å². The zero-order valence-corrected chi connectivity index (χ0v) is 14.1. The minimum atomic E-state index is -0.738. The van der Waals surface area contributed by atoms with Crippen molar-refractivity contribution in [2.75, 3.05) is 5.73 Å². The van der Waals surface area contributed by atoms with Gasteiger partial charge < -0.3 is 15.8 Å². The minimum Gasteiger partial charge on any atom is -0.424 e. The summed E-state index contributed by atoms with van der Waals surface area (Å²) in [7, 11) is 0. The number of hydrogen-bond acceptors (Lipinski definition) is 5. The lowest BCUT2D eigenvalue weighted by Gasteiger charge is -2.27. The summed E-state index contributed by atoms with van der Waals surface area (Å²) in [6, 6.07) is 6.76. The third-order valence-electron chi connectivity index (χ3n) is 3.99. The molecule has 9 heteroatoms. The van der Waals surface area contributed by atoms with E-state index >= 15 is 0 Å². The highest BCUT2D eigenvalue weighted by atomic mass is 35.5. The van der Waals surface area contributed by atoms with Gasteiger partial charge in [0.1, 0.15) is 18.1 Å². The molecule has 1 aliphatic rings. The summed E-state index contributed by atoms with van der Waals surface area (Å²) < 4.78 is 21.0. The average molecular weight is 374 g/mol. The molecule has 0 bridgehead atoms. The first-order valence-electron chi connectivity index (χ1n) is 7.71. The number of rotatable bonds is 3. The Kier molecular flexibility index (Phi) is 3.96. The minimum absolute atomic E-state index is 0.0292. The molecule has 1 aliphatic heterocycles. The Morgan fingerprint density at radius 1 is 1.38 bits per heavy atom. The molecule has 3 aromatic rings. The fourth-order valence-corrected chi connectivity index (χ4v) is 3.12. The molecule has 1 unspecified atom stereocenters. The summed E-state index contributed by atoms with van der Waals surface area (Å²) in [5.41, 5.74) is 6.93. The summed E-state index contributed by atoms with van der Waals surface area (Å²) in [5, 5.41) is 3.08. The van der Waals surface area contributed by atoms with E-state index in [-0.39, 0.29) is 24.3 Å². The highest BCUT2D eigenvalue weighted by Gasteiger charge is 2.33. The van der Waals surface area contributed by atoms with Gasteiger partial charge in [-0.1, -0.05) is 11.6 Å². The zero-order valence-electron chi connectivity index (χ0n) is 13.3. The predicted octanol–water partition coefficient (Wildman–Crippen LogP) is 2.66. The van der Waals surface area contributed by atoms with Gasteiger partial charge in [-0.15, -0.1) is 0 Å². The van der Waals surface area contributed by atoms with E-state index < -0.39 is 11.9 Å². The fraction of sp³-hybridized carbons (Fsp3) is 0.118. The van der Waals surface area contributed by atoms with Crippen molar-refractivity contribution in [3.63, 3.8) is 0 Å². The lowest BCUT2D eigenvalue weighted by molar-refractivity contribution is -0.123. The topological polar surface area (TPSA) is 95.1 Å². The molecule has 132 valence electrons. The predicted molar refractivity (Wildman–Crippen MR) is 92.3 cm³/mol. The van der Waals surface area contributed by atoms with Crippen LogP contribution in [-0.2, 0) is 11.3 Å². The summed E-state index contributed by atoms with van der Waals surface area (Å²) in [6.45, 7) is -0.0292. The smallest absolute Gasteiger partial charge is 0.304 e. The molecule has 1 amide bonds. The number of benzene rings is 1. The number of fused-ring (bicyclic) bond motifs is 1. The van der Waals surface area contributed by atoms with Crippen molar-refractivity contribution in [3.05, 3.63) is 64.8 Å². The van der Waals surface area contributed by atoms with Crippen molar-refractivity contribution in [1.82, 2.24) is 19.9 Å². The first-order valence-corrected chi connectivity index (χ1v) is 8.09. The number of nitrogen functional groups attached to an aromatic ring is 1. The van der Waals surface area contributed by atoms with E-state index in [1.807, 2.05) is 0 Å². The molecule has 1 atom stereocenters. The van der Waals surface area contributed by atoms with Crippen LogP contribution in [0, 0.1) is 5.82 Å². The van der Waals surface area contributed by atoms with Crippen LogP contribution in [0.4, 0.5) is 10.2 Å². The van der Waals surface area contributed by atoms with Gasteiger partial charge in [0.2, 0.25) is 5.91 Å². The van der Waals surface area contributed by atoms with Crippen LogP contribution >= 0.6 is 11.6 Å². The lowest BCUT2D eigenvalue weighted by Crippen LogP contribution is -2.39. The number of nitrogens with two attached hydrogens (primary N) is 1. The highest BCUT2D eigenvalue weighted by molar-refractivity contribution is 6.31. The Bertz CT molecular complexity index is 992. The number of carbonyl (C=O) groups is 1. The quantitative estimate of drug-likeness (QED) is 0.736. The van der Waals surface area contributed by atoms with Gasteiger partial charge in [-0.2, -0.15) is 4.98 Å². The lowest BCUT2D eigenvalue weighted by atomic mass is 10.0. The molecule has 0 fully saturated rings. The number of anilines is 1. The van der Waals surface area contributed by atoms with Crippen LogP contribution in [0.2, 0.25) is 5.02 Å². The van der Waals surface area contributed by atoms with Crippen LogP contribution in [0.5, 0.6) is 11.8 Å². The summed E-state index contributed by atoms with van der Waals surface area (Å²) in [4.78, 5) is 20.4. The molecule has 0 saturated carbocycles. The molecular weight excluding hydrogens is 361 g/mol. The number of hydrogen-bond donors (Lipinski definition) is 2. The SMILES string of the molecule is Nc1nc(Oc2cccnc2)n2c1C(c1cc(F)ccc1Cl)NC(=O)C2. The second-order valence-corrected chi connectivity index (χ2v) is 6.12. The Hall–Kier alpha value is -3.13. The maximum atomic E-state index is 13.7. The normalized spacial score (nSPS) is 16.1. The van der Waals surface area contributed by atoms with Crippen molar-refractivity contribution in [1.29, 1.82) is 0 Å². The molecule has 0 radical (unpaired) electrons. The number of ether oxygens (including phenoxy) is 1. The van der Waals surface area contributed by atoms with Crippen molar-refractivity contribution in [2.24, 2.45) is 0 Å². The van der Waals surface area contributed by atoms with Crippen LogP contribution in [0.15, 0.2) is 42.7 Å². The number of halogens is 2. The monoisotopic (exact) mass is 373 g/mol. The van der Waals surface area contributed by atoms with Crippen molar-refractivity contribution in [2.45, 2.75) is 12.6 Å². The third kappa shape index (κ3) is 2.84. The number of amides is 1. The fourth-order valence-electron chi connectivity index (χ4n) is 2.89. The first kappa shape index (κ1) is 16.3. The molecular formula is C17H13ClFN5O2. The van der Waals surface area contributed by atoms with E-state index in [1.54, 1.807) is 22.9 Å². The van der Waals surface area contributed by atoms with E-state index in [0.717, 1.165) is 0 Å². The number of aromatic nitrogens is 3. The van der Waals surface area contributed by atoms with Crippen LogP contribution in [0.1, 0.15) is 17.3 Å². The number of imidazole rings is 1. The van der Waals surface area contributed by atoms with Crippen LogP contribution in [0.25, 0.3) is 0 Å². The van der Waals surface area contributed by atoms with Crippen LogP contribution in [0.3, 0.4) is 0 Å². The van der Waals surface area contributed by atoms with Gasteiger partial charge in [0.15, 0.2) is 5.82 Å². The van der Waals surface area contributed by atoms with Crippen molar-refractivity contribution >= 4 is 23.3 Å². The molecule has 3 N–H and O–H groups in total. The molecule has 3 heterocycles. The van der Waals surface area contributed by atoms with Gasteiger partial charge in [-0.05, 0) is 30.3 Å². The van der Waals surface area contributed by atoms with E-state index in [9.17, 15) is 9.18 Å². The van der Waals surface area contributed by atoms with Crippen LogP contribution in [-0.4, -0.2) is 20.4 Å². The first-order chi connectivity index (χ1) is 12.5. The second-order valence-electron chi connectivity index (χ2n) is 5.71. The Balaban J connectivity index is 1.81. The molecule has 7 nitrogen and oxygen atoms in total. The van der Waals surface area contributed by atoms with Gasteiger partial charge in [-0.25, -0.2) is 4.39 Å². The average Bonchev–Trinajstić information content (AvgIpc) is 2.93. The van der Waals surface area contributed by atoms with Gasteiger partial charge in [0.25, 0.3) is 0 Å². The third-order valence-corrected chi connectivity index (χ3v) is 4.34. The number of nitrogens with one attached hydrogen (secondary N) is 1. The number of carbonyl (C=O) groups excluding carboxylic acids is 1. The van der Waals surface area contributed by atoms with Gasteiger partial charge >= 0.3 is 6.01 Å². The Labute approximate surface area is 152 Å². The van der Waals surface area contributed by atoms with E-state index in [2.05, 4.69) is 15.3 Å². The molecule has 0 saturated heterocycles. The molecule has 2 aromatic heterocycles. The highest BCUT2D eigenvalue weighted by Crippen LogP contribution is 2.37. The zero-order chi connectivity index (χ0) is 18.3. The van der Waals surface area contributed by atoms with E-state index in [0.29, 0.717) is 22.0 Å². The van der Waals surface area contributed by atoms with Gasteiger partial charge in [-0.3, -0.25) is 14.3 Å². The molecule has 26 heavy (non-hydrogen) atoms.